The Balaban J connectivity index is 0.00000480. The van der Waals surface area contributed by atoms with E-state index in [2.05, 4.69) is 41.5 Å². The zero-order valence-corrected chi connectivity index (χ0v) is 21.1. The molecule has 0 saturated carbocycles. The number of hydrogen-bond acceptors (Lipinski definition) is 3. The highest BCUT2D eigenvalue weighted by Crippen LogP contribution is 2.23. The maximum absolute atomic E-state index is 12.6. The zero-order valence-electron chi connectivity index (χ0n) is 18.8. The van der Waals surface area contributed by atoms with Gasteiger partial charge in [-0.05, 0) is 44.5 Å². The number of likely N-dealkylation sites (tertiary alicyclic amines) is 1. The summed E-state index contributed by atoms with van der Waals surface area (Å²) < 4.78 is 37.8. The Kier molecular flexibility index (Phi) is 12.8. The standard InChI is InChI=1S/C22H36F3N5.HI/c1-4-26-21(27-14-18-12-13-29(16-18)17-22(23,24)25)28-15-20(30(5-2)6-3)19-10-8-7-9-11-19;/h7-11,18,20H,4-6,12-17H2,1-3H3,(H2,26,27,28);1H. The normalized spacial score (nSPS) is 18.7. The van der Waals surface area contributed by atoms with Gasteiger partial charge in [0.15, 0.2) is 5.96 Å². The van der Waals surface area contributed by atoms with E-state index in [9.17, 15) is 13.2 Å². The van der Waals surface area contributed by atoms with E-state index in [1.807, 2.05) is 25.1 Å². The Morgan fingerprint density at radius 1 is 1.16 bits per heavy atom. The van der Waals surface area contributed by atoms with Crippen LogP contribution in [-0.2, 0) is 0 Å². The molecule has 0 radical (unpaired) electrons. The molecule has 2 atom stereocenters. The van der Waals surface area contributed by atoms with Crippen LogP contribution in [0.4, 0.5) is 13.2 Å². The molecule has 1 heterocycles. The average molecular weight is 555 g/mol. The summed E-state index contributed by atoms with van der Waals surface area (Å²) in [5.41, 5.74) is 1.24. The second kappa shape index (κ2) is 14.2. The van der Waals surface area contributed by atoms with Gasteiger partial charge < -0.3 is 10.6 Å². The van der Waals surface area contributed by atoms with Crippen molar-refractivity contribution in [1.82, 2.24) is 20.4 Å². The molecule has 0 aliphatic carbocycles. The number of aliphatic imine (C=N–C) groups is 1. The maximum Gasteiger partial charge on any atom is 0.401 e. The summed E-state index contributed by atoms with van der Waals surface area (Å²) >= 11 is 0. The second-order valence-corrected chi connectivity index (χ2v) is 7.75. The van der Waals surface area contributed by atoms with Gasteiger partial charge in [0.25, 0.3) is 0 Å². The number of rotatable bonds is 10. The summed E-state index contributed by atoms with van der Waals surface area (Å²) in [5, 5.41) is 6.60. The largest absolute Gasteiger partial charge is 0.401 e. The molecule has 0 aromatic heterocycles. The Morgan fingerprint density at radius 3 is 2.42 bits per heavy atom. The smallest absolute Gasteiger partial charge is 0.357 e. The van der Waals surface area contributed by atoms with E-state index in [1.54, 1.807) is 0 Å². The minimum Gasteiger partial charge on any atom is -0.357 e. The van der Waals surface area contributed by atoms with Crippen molar-refractivity contribution in [1.29, 1.82) is 0 Å². The van der Waals surface area contributed by atoms with Gasteiger partial charge in [-0.1, -0.05) is 44.2 Å². The maximum atomic E-state index is 12.6. The van der Waals surface area contributed by atoms with E-state index in [4.69, 9.17) is 4.99 Å². The number of benzene rings is 1. The topological polar surface area (TPSA) is 42.9 Å². The molecular weight excluding hydrogens is 518 g/mol. The van der Waals surface area contributed by atoms with Crippen LogP contribution in [0.1, 0.15) is 38.8 Å². The van der Waals surface area contributed by atoms with Crippen LogP contribution in [0.5, 0.6) is 0 Å². The molecule has 2 unspecified atom stereocenters. The van der Waals surface area contributed by atoms with Crippen LogP contribution in [0, 0.1) is 5.92 Å². The molecule has 5 nitrogen and oxygen atoms in total. The molecule has 2 N–H and O–H groups in total. The fraction of sp³-hybridized carbons (Fsp3) is 0.682. The molecule has 1 saturated heterocycles. The molecule has 9 heteroatoms. The third-order valence-corrected chi connectivity index (χ3v) is 5.54. The van der Waals surface area contributed by atoms with E-state index >= 15 is 0 Å². The second-order valence-electron chi connectivity index (χ2n) is 7.75. The van der Waals surface area contributed by atoms with E-state index in [0.29, 0.717) is 26.2 Å². The van der Waals surface area contributed by atoms with Gasteiger partial charge in [0.1, 0.15) is 0 Å². The van der Waals surface area contributed by atoms with Crippen molar-refractivity contribution < 1.29 is 13.2 Å². The van der Waals surface area contributed by atoms with E-state index in [1.165, 1.54) is 10.5 Å². The van der Waals surface area contributed by atoms with Crippen LogP contribution in [0.15, 0.2) is 35.3 Å². The van der Waals surface area contributed by atoms with Crippen LogP contribution in [0.3, 0.4) is 0 Å². The lowest BCUT2D eigenvalue weighted by Crippen LogP contribution is -2.41. The lowest BCUT2D eigenvalue weighted by Gasteiger charge is -2.29. The molecule has 2 rings (SSSR count). The Morgan fingerprint density at radius 2 is 1.84 bits per heavy atom. The van der Waals surface area contributed by atoms with Crippen molar-refractivity contribution in [3.05, 3.63) is 35.9 Å². The third-order valence-electron chi connectivity index (χ3n) is 5.54. The molecule has 178 valence electrons. The quantitative estimate of drug-likeness (QED) is 0.259. The first-order valence-electron chi connectivity index (χ1n) is 11.0. The lowest BCUT2D eigenvalue weighted by molar-refractivity contribution is -0.143. The molecule has 1 aliphatic heterocycles. The molecule has 1 aliphatic rings. The summed E-state index contributed by atoms with van der Waals surface area (Å²) in [5.74, 6) is 0.920. The summed E-state index contributed by atoms with van der Waals surface area (Å²) in [6.07, 6.45) is -3.36. The van der Waals surface area contributed by atoms with Crippen LogP contribution in [0.25, 0.3) is 0 Å². The van der Waals surface area contributed by atoms with Gasteiger partial charge >= 0.3 is 6.18 Å². The molecule has 31 heavy (non-hydrogen) atoms. The Labute approximate surface area is 201 Å². The highest BCUT2D eigenvalue weighted by Gasteiger charge is 2.34. The monoisotopic (exact) mass is 555 g/mol. The van der Waals surface area contributed by atoms with Gasteiger partial charge in [-0.15, -0.1) is 24.0 Å². The fourth-order valence-corrected chi connectivity index (χ4v) is 4.01. The van der Waals surface area contributed by atoms with Gasteiger partial charge in [-0.2, -0.15) is 13.2 Å². The molecule has 1 fully saturated rings. The first-order chi connectivity index (χ1) is 14.4. The zero-order chi connectivity index (χ0) is 22.0. The van der Waals surface area contributed by atoms with Crippen molar-refractivity contribution in [3.63, 3.8) is 0 Å². The molecule has 0 amide bonds. The minimum absolute atomic E-state index is 0. The summed E-state index contributed by atoms with van der Waals surface area (Å²) in [4.78, 5) is 8.68. The Hall–Kier alpha value is -1.07. The van der Waals surface area contributed by atoms with Gasteiger partial charge in [-0.3, -0.25) is 14.8 Å². The fourth-order valence-electron chi connectivity index (χ4n) is 4.01. The number of alkyl halides is 3. The van der Waals surface area contributed by atoms with Crippen molar-refractivity contribution in [2.24, 2.45) is 10.9 Å². The molecule has 1 aromatic carbocycles. The summed E-state index contributed by atoms with van der Waals surface area (Å²) in [7, 11) is 0. The van der Waals surface area contributed by atoms with Gasteiger partial charge in [0.2, 0.25) is 0 Å². The van der Waals surface area contributed by atoms with Gasteiger partial charge in [0, 0.05) is 19.6 Å². The van der Waals surface area contributed by atoms with E-state index < -0.39 is 12.7 Å². The van der Waals surface area contributed by atoms with Crippen molar-refractivity contribution in [3.8, 4) is 0 Å². The van der Waals surface area contributed by atoms with Crippen molar-refractivity contribution in [2.45, 2.75) is 39.4 Å². The third kappa shape index (κ3) is 9.95. The molecule has 1 aromatic rings. The van der Waals surface area contributed by atoms with Crippen LogP contribution >= 0.6 is 24.0 Å². The molecule has 0 bridgehead atoms. The molecule has 0 spiro atoms. The highest BCUT2D eigenvalue weighted by molar-refractivity contribution is 14.0. The number of likely N-dealkylation sites (N-methyl/N-ethyl adjacent to an activating group) is 1. The van der Waals surface area contributed by atoms with Gasteiger partial charge in [-0.25, -0.2) is 0 Å². The van der Waals surface area contributed by atoms with E-state index in [0.717, 1.165) is 32.0 Å². The van der Waals surface area contributed by atoms with Crippen molar-refractivity contribution in [2.75, 3.05) is 52.4 Å². The number of nitrogens with one attached hydrogen (secondary N) is 2. The number of guanidine groups is 1. The first-order valence-corrected chi connectivity index (χ1v) is 11.0. The Bertz CT molecular complexity index is 638. The van der Waals surface area contributed by atoms with Crippen LogP contribution in [0.2, 0.25) is 0 Å². The predicted octanol–water partition coefficient (Wildman–Crippen LogP) is 4.13. The minimum atomic E-state index is -4.13. The highest BCUT2D eigenvalue weighted by atomic mass is 127. The summed E-state index contributed by atoms with van der Waals surface area (Å²) in [6, 6.07) is 10.6. The SMILES string of the molecule is CCNC(=NCC(c1ccccc1)N(CC)CC)NCC1CCN(CC(F)(F)F)C1.I. The van der Waals surface area contributed by atoms with Crippen molar-refractivity contribution >= 4 is 29.9 Å². The average Bonchev–Trinajstić information content (AvgIpc) is 3.15. The molecular formula is C22H37F3IN5. The number of nitrogens with zero attached hydrogens (tertiary/aromatic N) is 3. The van der Waals surface area contributed by atoms with Crippen LogP contribution < -0.4 is 10.6 Å². The predicted molar refractivity (Wildman–Crippen MR) is 132 cm³/mol. The number of halogens is 4. The van der Waals surface area contributed by atoms with Gasteiger partial charge in [0.05, 0.1) is 19.1 Å². The first kappa shape index (κ1) is 28.0. The summed E-state index contributed by atoms with van der Waals surface area (Å²) in [6.45, 7) is 10.3. The number of hydrogen-bond donors (Lipinski definition) is 2. The van der Waals surface area contributed by atoms with E-state index in [-0.39, 0.29) is 35.9 Å². The lowest BCUT2D eigenvalue weighted by atomic mass is 10.1. The van der Waals surface area contributed by atoms with Crippen LogP contribution in [-0.4, -0.2) is 74.3 Å².